The van der Waals surface area contributed by atoms with Gasteiger partial charge in [0.1, 0.15) is 11.5 Å². The summed E-state index contributed by atoms with van der Waals surface area (Å²) in [7, 11) is 1.64. The van der Waals surface area contributed by atoms with E-state index in [1.54, 1.807) is 31.6 Å². The van der Waals surface area contributed by atoms with Crippen molar-refractivity contribution in [3.63, 3.8) is 0 Å². The second-order valence-corrected chi connectivity index (χ2v) is 11.3. The van der Waals surface area contributed by atoms with E-state index in [-0.39, 0.29) is 17.9 Å². The number of rotatable bonds is 7. The predicted octanol–water partition coefficient (Wildman–Crippen LogP) is 5.70. The minimum atomic E-state index is 0.00404. The Labute approximate surface area is 214 Å². The Morgan fingerprint density at radius 1 is 1.11 bits per heavy atom. The second-order valence-electron chi connectivity index (χ2n) is 10.4. The summed E-state index contributed by atoms with van der Waals surface area (Å²) >= 11 is 1.61. The van der Waals surface area contributed by atoms with Gasteiger partial charge in [0, 0.05) is 41.8 Å². The maximum absolute atomic E-state index is 13.2. The van der Waals surface area contributed by atoms with Crippen molar-refractivity contribution in [2.75, 3.05) is 7.11 Å². The summed E-state index contributed by atoms with van der Waals surface area (Å²) in [5.74, 6) is 1.29. The molecule has 0 radical (unpaired) electrons. The number of Topliss-reactive ketones (excluding diaryl/α,β-unsaturated/α-hetero) is 1. The van der Waals surface area contributed by atoms with Crippen LogP contribution in [0.15, 0.2) is 60.4 Å². The van der Waals surface area contributed by atoms with Gasteiger partial charge in [-0.1, -0.05) is 24.3 Å². The van der Waals surface area contributed by atoms with E-state index in [1.165, 1.54) is 0 Å². The number of nitrogens with zero attached hydrogens (tertiary/aromatic N) is 2. The molecular weight excluding hydrogens is 470 g/mol. The molecule has 1 N–H and O–H groups in total. The molecule has 3 heterocycles. The van der Waals surface area contributed by atoms with Gasteiger partial charge in [0.2, 0.25) is 0 Å². The Bertz CT molecular complexity index is 1440. The van der Waals surface area contributed by atoms with E-state index in [4.69, 9.17) is 4.74 Å². The number of ether oxygens (including phenoxy) is 1. The first kappa shape index (κ1) is 23.0. The molecule has 1 spiro atoms. The normalized spacial score (nSPS) is 22.7. The Hall–Kier alpha value is -3.45. The van der Waals surface area contributed by atoms with Crippen molar-refractivity contribution >= 4 is 33.2 Å². The summed E-state index contributed by atoms with van der Waals surface area (Å²) in [5, 5.41) is 5.22. The van der Waals surface area contributed by atoms with Crippen LogP contribution in [0, 0.1) is 11.3 Å². The van der Waals surface area contributed by atoms with Crippen molar-refractivity contribution < 1.29 is 14.3 Å². The third kappa shape index (κ3) is 4.11. The number of ketones is 1. The highest BCUT2D eigenvalue weighted by Crippen LogP contribution is 2.58. The first-order valence-corrected chi connectivity index (χ1v) is 13.3. The first-order valence-electron chi connectivity index (χ1n) is 12.4. The monoisotopic (exact) mass is 499 g/mol. The topological polar surface area (TPSA) is 73.2 Å². The Morgan fingerprint density at radius 2 is 1.89 bits per heavy atom. The van der Waals surface area contributed by atoms with Gasteiger partial charge in [0.15, 0.2) is 0 Å². The van der Waals surface area contributed by atoms with Crippen molar-refractivity contribution in [1.29, 1.82) is 0 Å². The SMILES string of the molecule is COc1cncc(-c2ccc(Cn3ccc4scc(C(=O)NC5CC6(C5)CC(C(C)=O)C6)c43)cc2)c1. The summed E-state index contributed by atoms with van der Waals surface area (Å²) < 4.78 is 8.57. The molecule has 2 saturated carbocycles. The van der Waals surface area contributed by atoms with Gasteiger partial charge in [-0.05, 0) is 61.3 Å². The molecule has 184 valence electrons. The average Bonchev–Trinajstić information content (AvgIpc) is 3.43. The molecule has 1 aromatic carbocycles. The van der Waals surface area contributed by atoms with Crippen LogP contribution in [0.1, 0.15) is 48.5 Å². The molecule has 6 nitrogen and oxygen atoms in total. The van der Waals surface area contributed by atoms with Gasteiger partial charge in [0.05, 0.1) is 29.1 Å². The molecule has 6 rings (SSSR count). The Kier molecular flexibility index (Phi) is 5.67. The number of carbonyl (C=O) groups excluding carboxylic acids is 2. The molecule has 36 heavy (non-hydrogen) atoms. The van der Waals surface area contributed by atoms with E-state index in [0.29, 0.717) is 17.7 Å². The third-order valence-electron chi connectivity index (χ3n) is 7.95. The minimum absolute atomic E-state index is 0.00404. The van der Waals surface area contributed by atoms with Crippen LogP contribution in [0.4, 0.5) is 0 Å². The molecule has 0 unspecified atom stereocenters. The Balaban J connectivity index is 1.13. The highest BCUT2D eigenvalue weighted by Gasteiger charge is 2.54. The van der Waals surface area contributed by atoms with Gasteiger partial charge in [-0.3, -0.25) is 14.6 Å². The maximum atomic E-state index is 13.2. The van der Waals surface area contributed by atoms with Crippen molar-refractivity contribution in [2.24, 2.45) is 11.3 Å². The van der Waals surface area contributed by atoms with Gasteiger partial charge >= 0.3 is 0 Å². The van der Waals surface area contributed by atoms with Crippen LogP contribution in [-0.4, -0.2) is 34.4 Å². The summed E-state index contributed by atoms with van der Waals surface area (Å²) in [4.78, 5) is 29.0. The molecule has 4 aromatic rings. The van der Waals surface area contributed by atoms with E-state index in [2.05, 4.69) is 51.4 Å². The molecule has 1 amide bonds. The standard InChI is InChI=1S/C29H29N3O3S/c1-18(33)22-10-29(11-22)12-23(13-29)31-28(34)25-17-36-26-7-8-32(27(25)26)16-19-3-5-20(6-4-19)21-9-24(35-2)15-30-14-21/h3-9,14-15,17,22-23H,10-13,16H2,1-2H3,(H,31,34). The molecule has 0 saturated heterocycles. The van der Waals surface area contributed by atoms with Crippen LogP contribution in [-0.2, 0) is 11.3 Å². The van der Waals surface area contributed by atoms with E-state index >= 15 is 0 Å². The van der Waals surface area contributed by atoms with Gasteiger partial charge in [-0.2, -0.15) is 0 Å². The zero-order chi connectivity index (χ0) is 24.9. The fraction of sp³-hybridized carbons (Fsp3) is 0.345. The van der Waals surface area contributed by atoms with Gasteiger partial charge in [-0.25, -0.2) is 0 Å². The number of hydrogen-bond donors (Lipinski definition) is 1. The predicted molar refractivity (Wildman–Crippen MR) is 141 cm³/mol. The summed E-state index contributed by atoms with van der Waals surface area (Å²) in [5.41, 5.74) is 5.29. The first-order chi connectivity index (χ1) is 17.4. The summed E-state index contributed by atoms with van der Waals surface area (Å²) in [6.45, 7) is 2.38. The number of pyridine rings is 1. The average molecular weight is 500 g/mol. The number of amides is 1. The lowest BCUT2D eigenvalue weighted by atomic mass is 9.49. The smallest absolute Gasteiger partial charge is 0.254 e. The largest absolute Gasteiger partial charge is 0.495 e. The van der Waals surface area contributed by atoms with Crippen LogP contribution >= 0.6 is 11.3 Å². The summed E-state index contributed by atoms with van der Waals surface area (Å²) in [6, 6.07) is 12.7. The van der Waals surface area contributed by atoms with Crippen LogP contribution in [0.3, 0.4) is 0 Å². The van der Waals surface area contributed by atoms with Crippen LogP contribution in [0.25, 0.3) is 21.3 Å². The lowest BCUT2D eigenvalue weighted by Gasteiger charge is -2.57. The molecular formula is C29H29N3O3S. The summed E-state index contributed by atoms with van der Waals surface area (Å²) in [6.07, 6.45) is 9.56. The molecule has 2 aliphatic carbocycles. The molecule has 2 fully saturated rings. The number of fused-ring (bicyclic) bond motifs is 1. The number of benzene rings is 1. The highest BCUT2D eigenvalue weighted by molar-refractivity contribution is 7.17. The lowest BCUT2D eigenvalue weighted by Crippen LogP contribution is -2.57. The number of nitrogens with one attached hydrogen (secondary N) is 1. The fourth-order valence-electron chi connectivity index (χ4n) is 5.95. The third-order valence-corrected chi connectivity index (χ3v) is 8.88. The molecule has 3 aromatic heterocycles. The van der Waals surface area contributed by atoms with Crippen molar-refractivity contribution in [1.82, 2.24) is 14.9 Å². The quantitative estimate of drug-likeness (QED) is 0.354. The Morgan fingerprint density at radius 3 is 2.61 bits per heavy atom. The van der Waals surface area contributed by atoms with Gasteiger partial charge < -0.3 is 14.6 Å². The molecule has 2 aliphatic rings. The maximum Gasteiger partial charge on any atom is 0.254 e. The number of hydrogen-bond acceptors (Lipinski definition) is 5. The zero-order valence-electron chi connectivity index (χ0n) is 20.5. The number of methoxy groups -OCH3 is 1. The lowest BCUT2D eigenvalue weighted by molar-refractivity contribution is -0.134. The van der Waals surface area contributed by atoms with E-state index < -0.39 is 0 Å². The van der Waals surface area contributed by atoms with Crippen LogP contribution in [0.5, 0.6) is 5.75 Å². The number of aromatic nitrogens is 2. The van der Waals surface area contributed by atoms with E-state index in [1.807, 2.05) is 17.6 Å². The molecule has 0 aliphatic heterocycles. The molecule has 0 atom stereocenters. The van der Waals surface area contributed by atoms with Gasteiger partial charge in [0.25, 0.3) is 5.91 Å². The van der Waals surface area contributed by atoms with Crippen LogP contribution < -0.4 is 10.1 Å². The van der Waals surface area contributed by atoms with Crippen LogP contribution in [0.2, 0.25) is 0 Å². The van der Waals surface area contributed by atoms with E-state index in [0.717, 1.165) is 63.9 Å². The highest BCUT2D eigenvalue weighted by atomic mass is 32.1. The van der Waals surface area contributed by atoms with Crippen molar-refractivity contribution in [2.45, 2.75) is 45.2 Å². The number of thiophene rings is 1. The number of carbonyl (C=O) groups is 2. The minimum Gasteiger partial charge on any atom is -0.495 e. The van der Waals surface area contributed by atoms with Gasteiger partial charge in [-0.15, -0.1) is 11.3 Å². The van der Waals surface area contributed by atoms with E-state index in [9.17, 15) is 9.59 Å². The second kappa shape index (κ2) is 8.89. The van der Waals surface area contributed by atoms with Crippen molar-refractivity contribution in [3.8, 4) is 16.9 Å². The molecule has 7 heteroatoms. The van der Waals surface area contributed by atoms with Crippen molar-refractivity contribution in [3.05, 3.63) is 71.5 Å². The zero-order valence-corrected chi connectivity index (χ0v) is 21.3. The fourth-order valence-corrected chi connectivity index (χ4v) is 6.89. The molecule has 0 bridgehead atoms.